The molecule has 0 aliphatic carbocycles. The van der Waals surface area contributed by atoms with Crippen molar-refractivity contribution in [2.75, 3.05) is 5.75 Å². The molecular formula is C18H20N4O4S. The van der Waals surface area contributed by atoms with Crippen LogP contribution in [0, 0.1) is 16.0 Å². The van der Waals surface area contributed by atoms with E-state index in [0.717, 1.165) is 12.2 Å². The van der Waals surface area contributed by atoms with Crippen LogP contribution in [0.2, 0.25) is 0 Å². The molecule has 1 heterocycles. The first-order valence-electron chi connectivity index (χ1n) is 8.30. The summed E-state index contributed by atoms with van der Waals surface area (Å²) in [5.41, 5.74) is 4.73. The fraction of sp³-hybridized carbons (Fsp3) is 0.278. The van der Waals surface area contributed by atoms with E-state index in [9.17, 15) is 19.7 Å². The first kappa shape index (κ1) is 20.4. The molecule has 0 saturated carbocycles. The van der Waals surface area contributed by atoms with Crippen LogP contribution >= 0.6 is 11.8 Å². The van der Waals surface area contributed by atoms with Gasteiger partial charge in [-0.3, -0.25) is 35.5 Å². The Labute approximate surface area is 160 Å². The zero-order valence-corrected chi connectivity index (χ0v) is 15.8. The van der Waals surface area contributed by atoms with Gasteiger partial charge in [-0.25, -0.2) is 0 Å². The van der Waals surface area contributed by atoms with E-state index < -0.39 is 16.7 Å². The SMILES string of the molecule is CC(C)CCSc1ccc(C(=O)NNC(=O)c2cccnc2)cc1[N+](=O)[O-]. The van der Waals surface area contributed by atoms with Crippen molar-refractivity contribution in [3.8, 4) is 0 Å². The standard InChI is InChI=1S/C18H20N4O4S/c1-12(2)7-9-27-16-6-5-13(10-15(16)22(25)26)17(23)20-21-18(24)14-4-3-8-19-11-14/h3-6,8,10-12H,7,9H2,1-2H3,(H,20,23)(H,21,24). The molecule has 8 nitrogen and oxygen atoms in total. The van der Waals surface area contributed by atoms with E-state index in [4.69, 9.17) is 0 Å². The molecule has 0 radical (unpaired) electrons. The van der Waals surface area contributed by atoms with Crippen molar-refractivity contribution in [3.05, 3.63) is 64.0 Å². The summed E-state index contributed by atoms with van der Waals surface area (Å²) < 4.78 is 0. The second-order valence-electron chi connectivity index (χ2n) is 6.12. The van der Waals surface area contributed by atoms with Crippen molar-refractivity contribution in [1.29, 1.82) is 0 Å². The van der Waals surface area contributed by atoms with Gasteiger partial charge < -0.3 is 0 Å². The summed E-state index contributed by atoms with van der Waals surface area (Å²) >= 11 is 1.39. The molecule has 0 fully saturated rings. The first-order valence-corrected chi connectivity index (χ1v) is 9.29. The largest absolute Gasteiger partial charge is 0.283 e. The van der Waals surface area contributed by atoms with Crippen LogP contribution in [-0.4, -0.2) is 27.5 Å². The molecule has 9 heteroatoms. The average molecular weight is 388 g/mol. The number of hydrogen-bond acceptors (Lipinski definition) is 6. The highest BCUT2D eigenvalue weighted by Crippen LogP contribution is 2.31. The van der Waals surface area contributed by atoms with Gasteiger partial charge in [0.2, 0.25) is 0 Å². The van der Waals surface area contributed by atoms with Crippen LogP contribution in [0.25, 0.3) is 0 Å². The lowest BCUT2D eigenvalue weighted by molar-refractivity contribution is -0.387. The molecular weight excluding hydrogens is 368 g/mol. The summed E-state index contributed by atoms with van der Waals surface area (Å²) in [5.74, 6) is 0.0801. The van der Waals surface area contributed by atoms with Crippen molar-refractivity contribution in [2.24, 2.45) is 5.92 Å². The van der Waals surface area contributed by atoms with Crippen LogP contribution in [0.15, 0.2) is 47.6 Å². The van der Waals surface area contributed by atoms with Crippen molar-refractivity contribution < 1.29 is 14.5 Å². The van der Waals surface area contributed by atoms with Gasteiger partial charge in [0.15, 0.2) is 0 Å². The van der Waals surface area contributed by atoms with Crippen LogP contribution in [0.5, 0.6) is 0 Å². The Bertz CT molecular complexity index is 827. The monoisotopic (exact) mass is 388 g/mol. The Hall–Kier alpha value is -2.94. The molecule has 27 heavy (non-hydrogen) atoms. The van der Waals surface area contributed by atoms with Gasteiger partial charge in [0, 0.05) is 24.0 Å². The van der Waals surface area contributed by atoms with E-state index in [0.29, 0.717) is 10.8 Å². The molecule has 0 unspecified atom stereocenters. The predicted octanol–water partition coefficient (Wildman–Crippen LogP) is 3.20. The molecule has 1 aromatic heterocycles. The summed E-state index contributed by atoms with van der Waals surface area (Å²) in [7, 11) is 0. The van der Waals surface area contributed by atoms with Crippen LogP contribution in [-0.2, 0) is 0 Å². The number of carbonyl (C=O) groups is 2. The maximum Gasteiger partial charge on any atom is 0.283 e. The zero-order valence-electron chi connectivity index (χ0n) is 15.0. The van der Waals surface area contributed by atoms with E-state index in [1.165, 1.54) is 36.3 Å². The maximum absolute atomic E-state index is 12.2. The number of hydrazine groups is 1. The van der Waals surface area contributed by atoms with Gasteiger partial charge in [-0.05, 0) is 42.4 Å². The second kappa shape index (κ2) is 9.67. The summed E-state index contributed by atoms with van der Waals surface area (Å²) in [6.45, 7) is 4.17. The van der Waals surface area contributed by atoms with Crippen LogP contribution in [0.1, 0.15) is 41.0 Å². The van der Waals surface area contributed by atoms with Crippen molar-refractivity contribution in [3.63, 3.8) is 0 Å². The highest BCUT2D eigenvalue weighted by atomic mass is 32.2. The number of nitro benzene ring substituents is 1. The molecule has 2 amide bonds. The van der Waals surface area contributed by atoms with Gasteiger partial charge in [0.25, 0.3) is 17.5 Å². The van der Waals surface area contributed by atoms with E-state index in [1.807, 2.05) is 0 Å². The number of nitro groups is 1. The van der Waals surface area contributed by atoms with Gasteiger partial charge in [-0.2, -0.15) is 0 Å². The first-order chi connectivity index (χ1) is 12.9. The zero-order chi connectivity index (χ0) is 19.8. The lowest BCUT2D eigenvalue weighted by atomic mass is 10.2. The number of carbonyl (C=O) groups excluding carboxylic acids is 2. The minimum absolute atomic E-state index is 0.0846. The fourth-order valence-corrected chi connectivity index (χ4v) is 3.34. The third-order valence-corrected chi connectivity index (χ3v) is 4.68. The number of nitrogens with zero attached hydrogens (tertiary/aromatic N) is 2. The maximum atomic E-state index is 12.2. The van der Waals surface area contributed by atoms with Crippen molar-refractivity contribution in [1.82, 2.24) is 15.8 Å². The number of benzene rings is 1. The number of rotatable bonds is 7. The Morgan fingerprint density at radius 2 is 1.89 bits per heavy atom. The summed E-state index contributed by atoms with van der Waals surface area (Å²) in [4.78, 5) is 39.2. The smallest absolute Gasteiger partial charge is 0.267 e. The highest BCUT2D eigenvalue weighted by molar-refractivity contribution is 7.99. The van der Waals surface area contributed by atoms with E-state index >= 15 is 0 Å². The molecule has 142 valence electrons. The number of amides is 2. The highest BCUT2D eigenvalue weighted by Gasteiger charge is 2.18. The van der Waals surface area contributed by atoms with Gasteiger partial charge in [0.05, 0.1) is 15.4 Å². The van der Waals surface area contributed by atoms with Gasteiger partial charge in [-0.1, -0.05) is 13.8 Å². The number of nitrogens with one attached hydrogen (secondary N) is 2. The third kappa shape index (κ3) is 6.07. The molecule has 1 aromatic carbocycles. The lowest BCUT2D eigenvalue weighted by Crippen LogP contribution is -2.41. The van der Waals surface area contributed by atoms with Crippen molar-refractivity contribution in [2.45, 2.75) is 25.2 Å². The Kier molecular flexibility index (Phi) is 7.30. The Morgan fingerprint density at radius 1 is 1.19 bits per heavy atom. The third-order valence-electron chi connectivity index (χ3n) is 3.58. The Balaban J connectivity index is 2.04. The van der Waals surface area contributed by atoms with Crippen LogP contribution in [0.4, 0.5) is 5.69 Å². The van der Waals surface area contributed by atoms with E-state index in [-0.39, 0.29) is 16.8 Å². The molecule has 2 rings (SSSR count). The second-order valence-corrected chi connectivity index (χ2v) is 7.26. The predicted molar refractivity (Wildman–Crippen MR) is 102 cm³/mol. The normalized spacial score (nSPS) is 10.5. The summed E-state index contributed by atoms with van der Waals surface area (Å²) in [5, 5.41) is 11.3. The van der Waals surface area contributed by atoms with Gasteiger partial charge in [-0.15, -0.1) is 11.8 Å². The molecule has 0 atom stereocenters. The van der Waals surface area contributed by atoms with Crippen molar-refractivity contribution >= 4 is 29.3 Å². The van der Waals surface area contributed by atoms with E-state index in [2.05, 4.69) is 29.7 Å². The van der Waals surface area contributed by atoms with Gasteiger partial charge >= 0.3 is 0 Å². The molecule has 0 aliphatic rings. The summed E-state index contributed by atoms with van der Waals surface area (Å²) in [6, 6.07) is 7.40. The molecule has 2 aromatic rings. The molecule has 0 aliphatic heterocycles. The minimum Gasteiger partial charge on any atom is -0.267 e. The quantitative estimate of drug-likeness (QED) is 0.428. The molecule has 2 N–H and O–H groups in total. The molecule has 0 bridgehead atoms. The number of thioether (sulfide) groups is 1. The van der Waals surface area contributed by atoms with Crippen LogP contribution in [0.3, 0.4) is 0 Å². The fourth-order valence-electron chi connectivity index (χ4n) is 2.08. The molecule has 0 saturated heterocycles. The number of pyridine rings is 1. The minimum atomic E-state index is -0.644. The van der Waals surface area contributed by atoms with E-state index in [1.54, 1.807) is 18.2 Å². The summed E-state index contributed by atoms with van der Waals surface area (Å²) in [6.07, 6.45) is 3.81. The average Bonchev–Trinajstić information content (AvgIpc) is 2.66. The van der Waals surface area contributed by atoms with Crippen LogP contribution < -0.4 is 10.9 Å². The topological polar surface area (TPSA) is 114 Å². The lowest BCUT2D eigenvalue weighted by Gasteiger charge is -2.09. The number of aromatic nitrogens is 1. The number of hydrogen-bond donors (Lipinski definition) is 2. The molecule has 0 spiro atoms. The van der Waals surface area contributed by atoms with Gasteiger partial charge in [0.1, 0.15) is 0 Å². The Morgan fingerprint density at radius 3 is 2.48 bits per heavy atom.